The lowest BCUT2D eigenvalue weighted by molar-refractivity contribution is -0.385. The number of ether oxygens (including phenoxy) is 1. The zero-order valence-electron chi connectivity index (χ0n) is 10.1. The van der Waals surface area contributed by atoms with E-state index in [4.69, 9.17) is 9.84 Å². The lowest BCUT2D eigenvalue weighted by Gasteiger charge is -2.06. The van der Waals surface area contributed by atoms with Gasteiger partial charge in [0, 0.05) is 12.1 Å². The van der Waals surface area contributed by atoms with Gasteiger partial charge < -0.3 is 9.84 Å². The normalized spacial score (nSPS) is 10.2. The fourth-order valence-corrected chi connectivity index (χ4v) is 1.46. The van der Waals surface area contributed by atoms with Gasteiger partial charge in [-0.15, -0.1) is 0 Å². The van der Waals surface area contributed by atoms with Crippen LogP contribution in [0.4, 0.5) is 14.5 Å². The van der Waals surface area contributed by atoms with Crippen LogP contribution in [0.1, 0.15) is 10.4 Å². The van der Waals surface area contributed by atoms with Crippen LogP contribution in [0, 0.1) is 21.7 Å². The van der Waals surface area contributed by atoms with Crippen molar-refractivity contribution in [3.63, 3.8) is 0 Å². The molecule has 1 N–H and O–H groups in total. The number of benzene rings is 1. The van der Waals surface area contributed by atoms with Crippen LogP contribution in [0.5, 0.6) is 11.6 Å². The molecule has 108 valence electrons. The molecule has 0 saturated heterocycles. The summed E-state index contributed by atoms with van der Waals surface area (Å²) in [4.78, 5) is 24.2. The largest absolute Gasteiger partial charge is 0.477 e. The summed E-state index contributed by atoms with van der Waals surface area (Å²) in [5, 5.41) is 19.5. The first-order valence-electron chi connectivity index (χ1n) is 5.39. The Labute approximate surface area is 115 Å². The topological polar surface area (TPSA) is 103 Å². The average Bonchev–Trinajstić information content (AvgIpc) is 2.42. The van der Waals surface area contributed by atoms with Crippen molar-refractivity contribution in [3.8, 4) is 11.6 Å². The van der Waals surface area contributed by atoms with E-state index in [9.17, 15) is 23.7 Å². The Kier molecular flexibility index (Phi) is 3.74. The van der Waals surface area contributed by atoms with Crippen LogP contribution in [0.3, 0.4) is 0 Å². The molecule has 1 heterocycles. The first-order valence-corrected chi connectivity index (χ1v) is 5.39. The van der Waals surface area contributed by atoms with Crippen LogP contribution in [0.2, 0.25) is 0 Å². The van der Waals surface area contributed by atoms with Gasteiger partial charge in [0.05, 0.1) is 4.92 Å². The molecule has 0 aliphatic carbocycles. The molecule has 7 nitrogen and oxygen atoms in total. The van der Waals surface area contributed by atoms with E-state index in [0.717, 1.165) is 24.3 Å². The Hall–Kier alpha value is -3.10. The molecule has 1 aromatic heterocycles. The number of hydrogen-bond acceptors (Lipinski definition) is 5. The highest BCUT2D eigenvalue weighted by atomic mass is 19.2. The Bertz CT molecular complexity index is 736. The molecule has 0 saturated carbocycles. The smallest absolute Gasteiger partial charge is 0.342 e. The Morgan fingerprint density at radius 3 is 2.57 bits per heavy atom. The molecule has 0 fully saturated rings. The molecular weight excluding hydrogens is 290 g/mol. The minimum atomic E-state index is -1.54. The molecule has 2 rings (SSSR count). The van der Waals surface area contributed by atoms with Crippen molar-refractivity contribution in [3.05, 3.63) is 57.8 Å². The molecule has 0 atom stereocenters. The van der Waals surface area contributed by atoms with Crippen LogP contribution in [-0.2, 0) is 0 Å². The number of aromatic nitrogens is 1. The fraction of sp³-hybridized carbons (Fsp3) is 0. The molecular formula is C12H6F2N2O5. The summed E-state index contributed by atoms with van der Waals surface area (Å²) < 4.78 is 30.8. The van der Waals surface area contributed by atoms with Gasteiger partial charge in [-0.3, -0.25) is 10.1 Å². The van der Waals surface area contributed by atoms with Gasteiger partial charge in [0.25, 0.3) is 0 Å². The third kappa shape index (κ3) is 3.08. The van der Waals surface area contributed by atoms with Crippen molar-refractivity contribution >= 4 is 11.7 Å². The minimum absolute atomic E-state index is 0.133. The fourth-order valence-electron chi connectivity index (χ4n) is 1.46. The SMILES string of the molecule is O=C(O)c1cc(Oc2ccc(F)c(F)c2)ncc1[N+](=O)[O-]. The third-order valence-corrected chi connectivity index (χ3v) is 2.40. The predicted molar refractivity (Wildman–Crippen MR) is 64.3 cm³/mol. The number of carbonyl (C=O) groups is 1. The lowest BCUT2D eigenvalue weighted by Crippen LogP contribution is -2.04. The van der Waals surface area contributed by atoms with Crippen molar-refractivity contribution < 1.29 is 28.3 Å². The van der Waals surface area contributed by atoms with Crippen molar-refractivity contribution in [2.45, 2.75) is 0 Å². The first kappa shape index (κ1) is 14.3. The van der Waals surface area contributed by atoms with E-state index in [1.54, 1.807) is 0 Å². The van der Waals surface area contributed by atoms with Crippen molar-refractivity contribution in [2.75, 3.05) is 0 Å². The molecule has 0 amide bonds. The van der Waals surface area contributed by atoms with Gasteiger partial charge in [-0.05, 0) is 12.1 Å². The quantitative estimate of drug-likeness (QED) is 0.687. The molecule has 0 bridgehead atoms. The van der Waals surface area contributed by atoms with Gasteiger partial charge in [0.2, 0.25) is 5.88 Å². The van der Waals surface area contributed by atoms with Gasteiger partial charge in [-0.25, -0.2) is 18.6 Å². The second-order valence-corrected chi connectivity index (χ2v) is 3.78. The summed E-state index contributed by atoms with van der Waals surface area (Å²) in [5.74, 6) is -4.21. The van der Waals surface area contributed by atoms with Crippen LogP contribution >= 0.6 is 0 Å². The number of halogens is 2. The number of aromatic carboxylic acids is 1. The summed E-state index contributed by atoms with van der Waals surface area (Å²) in [6.45, 7) is 0. The highest BCUT2D eigenvalue weighted by molar-refractivity contribution is 5.92. The first-order chi connectivity index (χ1) is 9.88. The Morgan fingerprint density at radius 1 is 1.29 bits per heavy atom. The molecule has 9 heteroatoms. The summed E-state index contributed by atoms with van der Waals surface area (Å²) in [6, 6.07) is 3.47. The summed E-state index contributed by atoms with van der Waals surface area (Å²) in [6.07, 6.45) is 0.707. The summed E-state index contributed by atoms with van der Waals surface area (Å²) >= 11 is 0. The van der Waals surface area contributed by atoms with Crippen LogP contribution in [0.15, 0.2) is 30.5 Å². The minimum Gasteiger partial charge on any atom is -0.477 e. The van der Waals surface area contributed by atoms with Gasteiger partial charge in [-0.1, -0.05) is 0 Å². The van der Waals surface area contributed by atoms with Gasteiger partial charge in [-0.2, -0.15) is 0 Å². The van der Waals surface area contributed by atoms with Crippen LogP contribution in [0.25, 0.3) is 0 Å². The molecule has 21 heavy (non-hydrogen) atoms. The van der Waals surface area contributed by atoms with E-state index in [1.165, 1.54) is 0 Å². The van der Waals surface area contributed by atoms with E-state index in [-0.39, 0.29) is 11.6 Å². The highest BCUT2D eigenvalue weighted by Crippen LogP contribution is 2.26. The number of nitrogens with zero attached hydrogens (tertiary/aromatic N) is 2. The molecule has 0 aliphatic heterocycles. The average molecular weight is 296 g/mol. The van der Waals surface area contributed by atoms with E-state index in [0.29, 0.717) is 6.20 Å². The van der Waals surface area contributed by atoms with Gasteiger partial charge in [0.1, 0.15) is 17.5 Å². The number of carboxylic acid groups (broad SMARTS) is 1. The van der Waals surface area contributed by atoms with E-state index in [1.807, 2.05) is 0 Å². The Morgan fingerprint density at radius 2 is 2.00 bits per heavy atom. The molecule has 1 aromatic carbocycles. The monoisotopic (exact) mass is 296 g/mol. The van der Waals surface area contributed by atoms with E-state index >= 15 is 0 Å². The highest BCUT2D eigenvalue weighted by Gasteiger charge is 2.21. The Balaban J connectivity index is 2.36. The second kappa shape index (κ2) is 5.49. The lowest BCUT2D eigenvalue weighted by atomic mass is 10.2. The third-order valence-electron chi connectivity index (χ3n) is 2.40. The molecule has 0 unspecified atom stereocenters. The van der Waals surface area contributed by atoms with E-state index < -0.39 is 33.8 Å². The maximum atomic E-state index is 13.0. The zero-order valence-corrected chi connectivity index (χ0v) is 10.1. The standard InChI is InChI=1S/C12H6F2N2O5/c13-8-2-1-6(3-9(8)14)21-11-4-7(12(17)18)10(5-15-11)16(19)20/h1-5H,(H,17,18). The molecule has 2 aromatic rings. The number of rotatable bonds is 4. The molecule has 0 spiro atoms. The van der Waals surface area contributed by atoms with Crippen molar-refractivity contribution in [1.29, 1.82) is 0 Å². The summed E-state index contributed by atoms with van der Waals surface area (Å²) in [5.41, 5.74) is -1.34. The maximum Gasteiger partial charge on any atom is 0.342 e. The summed E-state index contributed by atoms with van der Waals surface area (Å²) in [7, 11) is 0. The van der Waals surface area contributed by atoms with Crippen molar-refractivity contribution in [1.82, 2.24) is 4.98 Å². The van der Waals surface area contributed by atoms with Crippen LogP contribution < -0.4 is 4.74 Å². The maximum absolute atomic E-state index is 13.0. The predicted octanol–water partition coefficient (Wildman–Crippen LogP) is 2.76. The number of nitro groups is 1. The van der Waals surface area contributed by atoms with Crippen LogP contribution in [-0.4, -0.2) is 21.0 Å². The van der Waals surface area contributed by atoms with E-state index in [2.05, 4.69) is 4.98 Å². The van der Waals surface area contributed by atoms with Gasteiger partial charge in [0.15, 0.2) is 11.6 Å². The van der Waals surface area contributed by atoms with Crippen molar-refractivity contribution in [2.24, 2.45) is 0 Å². The molecule has 0 radical (unpaired) electrons. The number of carboxylic acids is 1. The second-order valence-electron chi connectivity index (χ2n) is 3.78. The zero-order chi connectivity index (χ0) is 15.6. The molecule has 0 aliphatic rings. The number of hydrogen-bond donors (Lipinski definition) is 1. The number of pyridine rings is 1. The van der Waals surface area contributed by atoms with Gasteiger partial charge >= 0.3 is 11.7 Å².